The number of nitrogens with one attached hydrogen (secondary N) is 1. The summed E-state index contributed by atoms with van der Waals surface area (Å²) >= 11 is 6.29. The van der Waals surface area contributed by atoms with Crippen LogP contribution in [-0.2, 0) is 4.79 Å². The normalized spacial score (nSPS) is 19.0. The van der Waals surface area contributed by atoms with Gasteiger partial charge >= 0.3 is 0 Å². The highest BCUT2D eigenvalue weighted by molar-refractivity contribution is 6.32. The molecule has 1 aromatic heterocycles. The molecule has 0 radical (unpaired) electrons. The maximum Gasteiger partial charge on any atom is 0.231 e. The molecule has 4 rings (SSSR count). The van der Waals surface area contributed by atoms with Crippen molar-refractivity contribution in [1.29, 1.82) is 0 Å². The molecule has 1 atom stereocenters. The number of nitrogens with zero attached hydrogens (tertiary/aromatic N) is 2. The Morgan fingerprint density at radius 3 is 3.00 bits per heavy atom. The molecule has 1 N–H and O–H groups in total. The molecule has 2 aliphatic rings. The van der Waals surface area contributed by atoms with E-state index >= 15 is 0 Å². The van der Waals surface area contributed by atoms with Gasteiger partial charge in [-0.2, -0.15) is 5.10 Å². The first kappa shape index (κ1) is 14.4. The van der Waals surface area contributed by atoms with Crippen molar-refractivity contribution in [3.8, 4) is 11.5 Å². The van der Waals surface area contributed by atoms with Gasteiger partial charge in [-0.25, -0.2) is 4.68 Å². The molecule has 0 unspecified atom stereocenters. The van der Waals surface area contributed by atoms with Gasteiger partial charge in [-0.3, -0.25) is 4.79 Å². The molecular weight excluding hydrogens is 318 g/mol. The second-order valence-electron chi connectivity index (χ2n) is 6.03. The van der Waals surface area contributed by atoms with E-state index in [9.17, 15) is 4.79 Å². The predicted molar refractivity (Wildman–Crippen MR) is 85.3 cm³/mol. The number of carbonyl (C=O) groups excluding carboxylic acids is 1. The summed E-state index contributed by atoms with van der Waals surface area (Å²) in [7, 11) is 0. The summed E-state index contributed by atoms with van der Waals surface area (Å²) in [6, 6.07) is 3.90. The topological polar surface area (TPSA) is 65.4 Å². The van der Waals surface area contributed by atoms with Crippen LogP contribution in [0.25, 0.3) is 0 Å². The van der Waals surface area contributed by atoms with E-state index in [0.717, 1.165) is 16.9 Å². The lowest BCUT2D eigenvalue weighted by Gasteiger charge is -2.25. The summed E-state index contributed by atoms with van der Waals surface area (Å²) in [5.74, 6) is 1.82. The van der Waals surface area contributed by atoms with Crippen LogP contribution in [0.5, 0.6) is 11.5 Å². The van der Waals surface area contributed by atoms with Crippen LogP contribution in [0.15, 0.2) is 18.3 Å². The number of rotatable bonds is 2. The van der Waals surface area contributed by atoms with E-state index in [4.69, 9.17) is 21.1 Å². The Bertz CT molecular complexity index is 800. The summed E-state index contributed by atoms with van der Waals surface area (Å²) in [5.41, 5.74) is 1.92. The SMILES string of the molecule is CC(C)n1ncc2c1NC(=O)C[C@H]2c1cc(Cl)c2c(c1)OCO2. The van der Waals surface area contributed by atoms with Crippen LogP contribution in [0, 0.1) is 0 Å². The van der Waals surface area contributed by atoms with Gasteiger partial charge in [0.15, 0.2) is 11.5 Å². The van der Waals surface area contributed by atoms with Gasteiger partial charge in [0, 0.05) is 23.9 Å². The van der Waals surface area contributed by atoms with E-state index in [0.29, 0.717) is 22.9 Å². The lowest BCUT2D eigenvalue weighted by Crippen LogP contribution is -2.25. The van der Waals surface area contributed by atoms with E-state index < -0.39 is 0 Å². The number of aromatic nitrogens is 2. The predicted octanol–water partition coefficient (Wildman–Crippen LogP) is 3.32. The Morgan fingerprint density at radius 1 is 1.39 bits per heavy atom. The molecule has 3 heterocycles. The minimum absolute atomic E-state index is 0.0290. The van der Waals surface area contributed by atoms with Crippen LogP contribution in [-0.4, -0.2) is 22.5 Å². The highest BCUT2D eigenvalue weighted by atomic mass is 35.5. The quantitative estimate of drug-likeness (QED) is 0.915. The maximum atomic E-state index is 12.2. The van der Waals surface area contributed by atoms with Gasteiger partial charge in [-0.15, -0.1) is 0 Å². The fraction of sp³-hybridized carbons (Fsp3) is 0.375. The Balaban J connectivity index is 1.82. The molecule has 0 aliphatic carbocycles. The Labute approximate surface area is 138 Å². The zero-order valence-corrected chi connectivity index (χ0v) is 13.6. The summed E-state index contributed by atoms with van der Waals surface area (Å²) in [5, 5.41) is 7.84. The number of anilines is 1. The summed E-state index contributed by atoms with van der Waals surface area (Å²) in [4.78, 5) is 12.2. The zero-order chi connectivity index (χ0) is 16.1. The number of hydrogen-bond donors (Lipinski definition) is 1. The molecule has 0 fully saturated rings. The van der Waals surface area contributed by atoms with Crippen LogP contribution in [0.3, 0.4) is 0 Å². The van der Waals surface area contributed by atoms with Gasteiger partial charge < -0.3 is 14.8 Å². The Kier molecular flexibility index (Phi) is 3.23. The number of amides is 1. The molecule has 6 nitrogen and oxygen atoms in total. The number of halogens is 1. The minimum atomic E-state index is -0.0988. The minimum Gasteiger partial charge on any atom is -0.454 e. The number of ether oxygens (including phenoxy) is 2. The Morgan fingerprint density at radius 2 is 2.22 bits per heavy atom. The van der Waals surface area contributed by atoms with Crippen molar-refractivity contribution in [1.82, 2.24) is 9.78 Å². The molecule has 0 saturated heterocycles. The summed E-state index contributed by atoms with van der Waals surface area (Å²) < 4.78 is 12.6. The average Bonchev–Trinajstić information content (AvgIpc) is 3.12. The third-order valence-electron chi connectivity index (χ3n) is 4.19. The standard InChI is InChI=1S/C16H16ClN3O3/c1-8(2)20-16-11(6-18-20)10(5-14(21)19-16)9-3-12(17)15-13(4-9)22-7-23-15/h3-4,6,8,10H,5,7H2,1-2H3,(H,19,21)/t10-/m0/s1. The van der Waals surface area contributed by atoms with E-state index in [1.54, 1.807) is 0 Å². The molecule has 0 saturated carbocycles. The van der Waals surface area contributed by atoms with Crippen molar-refractivity contribution in [2.45, 2.75) is 32.2 Å². The molecule has 23 heavy (non-hydrogen) atoms. The highest BCUT2D eigenvalue weighted by Gasteiger charge is 2.32. The summed E-state index contributed by atoms with van der Waals surface area (Å²) in [6.07, 6.45) is 2.17. The second kappa shape index (κ2) is 5.16. The van der Waals surface area contributed by atoms with Gasteiger partial charge in [0.25, 0.3) is 0 Å². The van der Waals surface area contributed by atoms with Gasteiger partial charge in [0.1, 0.15) is 5.82 Å². The van der Waals surface area contributed by atoms with Crippen molar-refractivity contribution in [3.63, 3.8) is 0 Å². The fourth-order valence-corrected chi connectivity index (χ4v) is 3.39. The van der Waals surface area contributed by atoms with E-state index in [1.807, 2.05) is 36.9 Å². The van der Waals surface area contributed by atoms with Crippen molar-refractivity contribution >= 4 is 23.3 Å². The molecule has 2 aliphatic heterocycles. The van der Waals surface area contributed by atoms with Crippen molar-refractivity contribution in [2.24, 2.45) is 0 Å². The molecule has 2 aromatic rings. The lowest BCUT2D eigenvalue weighted by molar-refractivity contribution is -0.116. The van der Waals surface area contributed by atoms with Gasteiger partial charge in [0.05, 0.1) is 11.2 Å². The molecular formula is C16H16ClN3O3. The van der Waals surface area contributed by atoms with Crippen LogP contribution < -0.4 is 14.8 Å². The van der Waals surface area contributed by atoms with E-state index in [1.165, 1.54) is 0 Å². The largest absolute Gasteiger partial charge is 0.454 e. The van der Waals surface area contributed by atoms with Crippen LogP contribution in [0.1, 0.15) is 43.4 Å². The van der Waals surface area contributed by atoms with Crippen LogP contribution in [0.4, 0.5) is 5.82 Å². The first-order valence-electron chi connectivity index (χ1n) is 7.51. The average molecular weight is 334 g/mol. The lowest BCUT2D eigenvalue weighted by atomic mass is 9.87. The number of fused-ring (bicyclic) bond motifs is 2. The monoisotopic (exact) mass is 333 g/mol. The van der Waals surface area contributed by atoms with E-state index in [2.05, 4.69) is 10.4 Å². The molecule has 0 spiro atoms. The van der Waals surface area contributed by atoms with Gasteiger partial charge in [-0.1, -0.05) is 11.6 Å². The summed E-state index contributed by atoms with van der Waals surface area (Å²) in [6.45, 7) is 4.22. The first-order chi connectivity index (χ1) is 11.0. The Hall–Kier alpha value is -2.21. The van der Waals surface area contributed by atoms with Crippen molar-refractivity contribution < 1.29 is 14.3 Å². The number of hydrogen-bond acceptors (Lipinski definition) is 4. The molecule has 1 amide bonds. The van der Waals surface area contributed by atoms with Gasteiger partial charge in [0.2, 0.25) is 12.7 Å². The third-order valence-corrected chi connectivity index (χ3v) is 4.47. The smallest absolute Gasteiger partial charge is 0.231 e. The van der Waals surface area contributed by atoms with Gasteiger partial charge in [-0.05, 0) is 31.5 Å². The fourth-order valence-electron chi connectivity index (χ4n) is 3.12. The molecule has 1 aromatic carbocycles. The first-order valence-corrected chi connectivity index (χ1v) is 7.88. The number of carbonyl (C=O) groups is 1. The maximum absolute atomic E-state index is 12.2. The molecule has 120 valence electrons. The van der Waals surface area contributed by atoms with E-state index in [-0.39, 0.29) is 24.7 Å². The molecule has 7 heteroatoms. The number of benzene rings is 1. The van der Waals surface area contributed by atoms with Crippen molar-refractivity contribution in [3.05, 3.63) is 34.5 Å². The van der Waals surface area contributed by atoms with Crippen LogP contribution >= 0.6 is 11.6 Å². The highest BCUT2D eigenvalue weighted by Crippen LogP contribution is 2.45. The zero-order valence-electron chi connectivity index (χ0n) is 12.8. The third kappa shape index (κ3) is 2.25. The van der Waals surface area contributed by atoms with Crippen LogP contribution in [0.2, 0.25) is 5.02 Å². The van der Waals surface area contributed by atoms with Crippen molar-refractivity contribution in [2.75, 3.05) is 12.1 Å². The second-order valence-corrected chi connectivity index (χ2v) is 6.44. The molecule has 0 bridgehead atoms.